The number of ether oxygens (including phenoxy) is 1. The van der Waals surface area contributed by atoms with Crippen molar-refractivity contribution in [2.24, 2.45) is 0 Å². The molecule has 8 heteroatoms. The van der Waals surface area contributed by atoms with Crippen LogP contribution in [0.15, 0.2) is 12.2 Å². The van der Waals surface area contributed by atoms with Crippen LogP contribution in [0.1, 0.15) is 0 Å². The molecule has 0 aliphatic heterocycles. The molecular formula is C11H23O6PSi. The van der Waals surface area contributed by atoms with E-state index in [1.54, 1.807) is 6.08 Å². The van der Waals surface area contributed by atoms with Gasteiger partial charge >= 0.3 is 13.8 Å². The lowest BCUT2D eigenvalue weighted by Gasteiger charge is -2.21. The maximum Gasteiger partial charge on any atom is 0.505 e. The number of rotatable bonds is 8. The van der Waals surface area contributed by atoms with Crippen LogP contribution in [0.25, 0.3) is 0 Å². The lowest BCUT2D eigenvalue weighted by Crippen LogP contribution is -2.20. The average molecular weight is 310 g/mol. The fraction of sp³-hybridized carbons (Fsp3) is 0.727. The average Bonchev–Trinajstić information content (AvgIpc) is 2.30. The van der Waals surface area contributed by atoms with Gasteiger partial charge in [0.05, 0.1) is 0 Å². The summed E-state index contributed by atoms with van der Waals surface area (Å²) in [6, 6.07) is 0.893. The quantitative estimate of drug-likeness (QED) is 0.320. The van der Waals surface area contributed by atoms with Crippen molar-refractivity contribution in [2.75, 3.05) is 20.8 Å². The molecule has 19 heavy (non-hydrogen) atoms. The van der Waals surface area contributed by atoms with E-state index in [2.05, 4.69) is 24.4 Å². The maximum absolute atomic E-state index is 12.3. The summed E-state index contributed by atoms with van der Waals surface area (Å²) in [6.07, 6.45) is 2.14. The molecule has 0 aromatic rings. The van der Waals surface area contributed by atoms with Gasteiger partial charge in [0.15, 0.2) is 0 Å². The Hall–Kier alpha value is -0.623. The summed E-state index contributed by atoms with van der Waals surface area (Å²) < 4.78 is 26.5. The smallest absolute Gasteiger partial charge is 0.450 e. The Morgan fingerprint density at radius 3 is 2.21 bits per heavy atom. The zero-order chi connectivity index (χ0) is 15.1. The van der Waals surface area contributed by atoms with Crippen LogP contribution in [0.5, 0.6) is 0 Å². The summed E-state index contributed by atoms with van der Waals surface area (Å²) >= 11 is 0. The summed E-state index contributed by atoms with van der Waals surface area (Å²) in [7, 11) is -2.12. The minimum atomic E-state index is -3.39. The topological polar surface area (TPSA) is 82.1 Å². The second-order valence-corrected chi connectivity index (χ2v) is 13.2. The SMILES string of the molecule is COP(=O)(OC)C(C=CC[Si](C)(C)C)COC(=O)O. The van der Waals surface area contributed by atoms with Gasteiger partial charge in [0.2, 0.25) is 0 Å². The van der Waals surface area contributed by atoms with Crippen LogP contribution in [0.2, 0.25) is 25.7 Å². The molecule has 0 aliphatic carbocycles. The Morgan fingerprint density at radius 2 is 1.84 bits per heavy atom. The molecular weight excluding hydrogens is 287 g/mol. The second-order valence-electron chi connectivity index (χ2n) is 5.24. The van der Waals surface area contributed by atoms with E-state index in [0.29, 0.717) is 0 Å². The van der Waals surface area contributed by atoms with Crippen molar-refractivity contribution < 1.29 is 28.3 Å². The third kappa shape index (κ3) is 7.52. The highest BCUT2D eigenvalue weighted by molar-refractivity contribution is 7.54. The van der Waals surface area contributed by atoms with Crippen molar-refractivity contribution in [1.82, 2.24) is 0 Å². The van der Waals surface area contributed by atoms with E-state index in [4.69, 9.17) is 14.2 Å². The first-order valence-corrected chi connectivity index (χ1v) is 11.2. The van der Waals surface area contributed by atoms with Crippen LogP contribution in [0.4, 0.5) is 4.79 Å². The van der Waals surface area contributed by atoms with E-state index < -0.39 is 27.5 Å². The van der Waals surface area contributed by atoms with Gasteiger partial charge in [-0.1, -0.05) is 31.8 Å². The molecule has 1 atom stereocenters. The maximum atomic E-state index is 12.3. The molecule has 0 radical (unpaired) electrons. The van der Waals surface area contributed by atoms with Crippen molar-refractivity contribution in [3.8, 4) is 0 Å². The van der Waals surface area contributed by atoms with E-state index in [1.807, 2.05) is 6.08 Å². The molecule has 6 nitrogen and oxygen atoms in total. The predicted molar refractivity (Wildman–Crippen MR) is 76.7 cm³/mol. The molecule has 0 aromatic heterocycles. The normalized spacial score (nSPS) is 14.6. The van der Waals surface area contributed by atoms with Crippen LogP contribution in [0, 0.1) is 0 Å². The fourth-order valence-electron chi connectivity index (χ4n) is 1.33. The first kappa shape index (κ1) is 18.4. The molecule has 0 fully saturated rings. The molecule has 0 aliphatic rings. The van der Waals surface area contributed by atoms with Gasteiger partial charge in [-0.3, -0.25) is 4.57 Å². The number of carboxylic acid groups (broad SMARTS) is 1. The first-order valence-electron chi connectivity index (χ1n) is 5.88. The minimum absolute atomic E-state index is 0.253. The van der Waals surface area contributed by atoms with Crippen molar-refractivity contribution in [3.05, 3.63) is 12.2 Å². The highest BCUT2D eigenvalue weighted by atomic mass is 31.2. The summed E-state index contributed by atoms with van der Waals surface area (Å²) in [5, 5.41) is 8.52. The Bertz CT molecular complexity index is 355. The number of hydrogen-bond acceptors (Lipinski definition) is 5. The molecule has 112 valence electrons. The third-order valence-electron chi connectivity index (χ3n) is 2.38. The molecule has 0 saturated carbocycles. The lowest BCUT2D eigenvalue weighted by atomic mass is 10.4. The van der Waals surface area contributed by atoms with Crippen LogP contribution in [-0.4, -0.2) is 45.8 Å². The predicted octanol–water partition coefficient (Wildman–Crippen LogP) is 3.43. The number of allylic oxidation sites excluding steroid dienone is 1. The van der Waals surface area contributed by atoms with Crippen LogP contribution in [-0.2, 0) is 18.3 Å². The van der Waals surface area contributed by atoms with Crippen molar-refractivity contribution in [1.29, 1.82) is 0 Å². The zero-order valence-corrected chi connectivity index (χ0v) is 14.0. The highest BCUT2D eigenvalue weighted by Crippen LogP contribution is 2.52. The van der Waals surface area contributed by atoms with E-state index in [1.165, 1.54) is 14.2 Å². The van der Waals surface area contributed by atoms with Gasteiger partial charge in [-0.15, -0.1) is 0 Å². The zero-order valence-electron chi connectivity index (χ0n) is 12.1. The summed E-state index contributed by atoms with van der Waals surface area (Å²) in [5.41, 5.74) is -0.727. The Labute approximate surface area is 115 Å². The van der Waals surface area contributed by atoms with Gasteiger partial charge in [0.25, 0.3) is 0 Å². The van der Waals surface area contributed by atoms with E-state index in [9.17, 15) is 9.36 Å². The van der Waals surface area contributed by atoms with Gasteiger partial charge in [-0.05, 0) is 6.04 Å². The van der Waals surface area contributed by atoms with Gasteiger partial charge in [0.1, 0.15) is 12.3 Å². The molecule has 0 rings (SSSR count). The molecule has 0 aromatic carbocycles. The van der Waals surface area contributed by atoms with E-state index in [0.717, 1.165) is 6.04 Å². The third-order valence-corrected chi connectivity index (χ3v) is 5.99. The monoisotopic (exact) mass is 310 g/mol. The molecule has 0 amide bonds. The molecule has 0 bridgehead atoms. The van der Waals surface area contributed by atoms with Crippen molar-refractivity contribution in [2.45, 2.75) is 31.3 Å². The van der Waals surface area contributed by atoms with Gasteiger partial charge in [-0.25, -0.2) is 4.79 Å². The largest absolute Gasteiger partial charge is 0.505 e. The van der Waals surface area contributed by atoms with Gasteiger partial charge < -0.3 is 18.9 Å². The van der Waals surface area contributed by atoms with Crippen LogP contribution < -0.4 is 0 Å². The molecule has 1 unspecified atom stereocenters. The van der Waals surface area contributed by atoms with Crippen LogP contribution >= 0.6 is 7.60 Å². The Morgan fingerprint density at radius 1 is 1.32 bits per heavy atom. The Balaban J connectivity index is 4.86. The first-order chi connectivity index (χ1) is 8.64. The molecule has 0 saturated heterocycles. The van der Waals surface area contributed by atoms with Crippen molar-refractivity contribution in [3.63, 3.8) is 0 Å². The second kappa shape index (κ2) is 7.84. The summed E-state index contributed by atoms with van der Waals surface area (Å²) in [6.45, 7) is 6.35. The van der Waals surface area contributed by atoms with E-state index in [-0.39, 0.29) is 6.61 Å². The molecule has 0 spiro atoms. The highest BCUT2D eigenvalue weighted by Gasteiger charge is 2.33. The fourth-order valence-corrected chi connectivity index (χ4v) is 3.46. The van der Waals surface area contributed by atoms with E-state index >= 15 is 0 Å². The lowest BCUT2D eigenvalue weighted by molar-refractivity contribution is 0.0916. The minimum Gasteiger partial charge on any atom is -0.450 e. The van der Waals surface area contributed by atoms with Gasteiger partial charge in [-0.2, -0.15) is 0 Å². The molecule has 0 heterocycles. The number of hydrogen-bond donors (Lipinski definition) is 1. The van der Waals surface area contributed by atoms with Crippen molar-refractivity contribution >= 4 is 21.8 Å². The van der Waals surface area contributed by atoms with Gasteiger partial charge in [0, 0.05) is 22.3 Å². The standard InChI is InChI=1S/C11H23O6PSi/c1-15-18(14,16-2)10(9-17-11(12)13)7-6-8-19(3,4)5/h6-7,10H,8-9H2,1-5H3,(H,12,13). The summed E-state index contributed by atoms with van der Waals surface area (Å²) in [5.74, 6) is 0. The van der Waals surface area contributed by atoms with Crippen LogP contribution in [0.3, 0.4) is 0 Å². The molecule has 1 N–H and O–H groups in total. The Kier molecular flexibility index (Phi) is 7.59. The summed E-state index contributed by atoms with van der Waals surface area (Å²) in [4.78, 5) is 10.4. The number of carbonyl (C=O) groups is 1.